The number of aryl methyl sites for hydroxylation is 1. The summed E-state index contributed by atoms with van der Waals surface area (Å²) in [4.78, 5) is 24.0. The molecule has 0 saturated carbocycles. The van der Waals surface area contributed by atoms with Crippen molar-refractivity contribution in [2.75, 3.05) is 26.1 Å². The highest BCUT2D eigenvalue weighted by atomic mass is 16.5. The largest absolute Gasteiger partial charge is 0.507 e. The Labute approximate surface area is 145 Å². The summed E-state index contributed by atoms with van der Waals surface area (Å²) in [7, 11) is 2.97. The monoisotopic (exact) mass is 345 g/mol. The second kappa shape index (κ2) is 8.05. The summed E-state index contributed by atoms with van der Waals surface area (Å²) in [6.07, 6.45) is 0. The number of aromatic hydroxyl groups is 1. The number of hydrogen-bond acceptors (Lipinski definition) is 6. The van der Waals surface area contributed by atoms with Gasteiger partial charge in [0.05, 0.1) is 19.9 Å². The van der Waals surface area contributed by atoms with Gasteiger partial charge in [0, 0.05) is 6.07 Å². The molecule has 2 rings (SSSR count). The van der Waals surface area contributed by atoms with E-state index in [1.807, 2.05) is 0 Å². The third-order valence-electron chi connectivity index (χ3n) is 3.47. The summed E-state index contributed by atoms with van der Waals surface area (Å²) in [5.41, 5.74) is 0.938. The van der Waals surface area contributed by atoms with E-state index in [-0.39, 0.29) is 11.3 Å². The Morgan fingerprint density at radius 1 is 1.12 bits per heavy atom. The first-order chi connectivity index (χ1) is 12.0. The lowest BCUT2D eigenvalue weighted by Crippen LogP contribution is -2.21. The van der Waals surface area contributed by atoms with Crippen molar-refractivity contribution in [3.8, 4) is 17.2 Å². The summed E-state index contributed by atoms with van der Waals surface area (Å²) >= 11 is 0. The zero-order valence-electron chi connectivity index (χ0n) is 14.2. The molecule has 1 amide bonds. The number of hydrogen-bond donors (Lipinski definition) is 2. The number of phenolic OH excluding ortho intramolecular Hbond substituents is 1. The molecule has 0 unspecified atom stereocenters. The van der Waals surface area contributed by atoms with Gasteiger partial charge in [0.1, 0.15) is 22.8 Å². The number of methoxy groups -OCH3 is 2. The van der Waals surface area contributed by atoms with Crippen molar-refractivity contribution in [2.24, 2.45) is 0 Å². The second-order valence-corrected chi connectivity index (χ2v) is 5.16. The number of anilines is 1. The van der Waals surface area contributed by atoms with Gasteiger partial charge in [-0.05, 0) is 30.7 Å². The van der Waals surface area contributed by atoms with Crippen LogP contribution in [0.1, 0.15) is 15.9 Å². The molecule has 0 saturated heterocycles. The van der Waals surface area contributed by atoms with Crippen LogP contribution in [0, 0.1) is 6.92 Å². The van der Waals surface area contributed by atoms with E-state index in [4.69, 9.17) is 14.2 Å². The fourth-order valence-electron chi connectivity index (χ4n) is 2.13. The Kier molecular flexibility index (Phi) is 5.84. The van der Waals surface area contributed by atoms with Gasteiger partial charge in [-0.15, -0.1) is 0 Å². The number of carbonyl (C=O) groups is 2. The van der Waals surface area contributed by atoms with Gasteiger partial charge >= 0.3 is 5.97 Å². The minimum absolute atomic E-state index is 0.00626. The number of phenols is 1. The van der Waals surface area contributed by atoms with Gasteiger partial charge in [-0.1, -0.05) is 12.1 Å². The molecule has 0 aliphatic heterocycles. The van der Waals surface area contributed by atoms with Gasteiger partial charge in [0.15, 0.2) is 6.61 Å². The molecular weight excluding hydrogens is 326 g/mol. The molecule has 2 aromatic carbocycles. The van der Waals surface area contributed by atoms with Crippen LogP contribution in [0.3, 0.4) is 0 Å². The third kappa shape index (κ3) is 4.41. The highest BCUT2D eigenvalue weighted by Crippen LogP contribution is 2.28. The maximum Gasteiger partial charge on any atom is 0.342 e. The highest BCUT2D eigenvalue weighted by molar-refractivity contribution is 5.97. The average Bonchev–Trinajstić information content (AvgIpc) is 2.61. The van der Waals surface area contributed by atoms with Crippen molar-refractivity contribution in [2.45, 2.75) is 6.92 Å². The van der Waals surface area contributed by atoms with Crippen LogP contribution in [0.15, 0.2) is 36.4 Å². The lowest BCUT2D eigenvalue weighted by atomic mass is 10.1. The minimum atomic E-state index is -0.783. The fourth-order valence-corrected chi connectivity index (χ4v) is 2.13. The number of ether oxygens (including phenoxy) is 3. The van der Waals surface area contributed by atoms with Crippen LogP contribution in [0.25, 0.3) is 0 Å². The SMILES string of the molecule is COc1ccc(OC)c(NC(=O)COC(=O)c2cccc(C)c2O)c1. The van der Waals surface area contributed by atoms with Gasteiger partial charge in [-0.25, -0.2) is 4.79 Å². The standard InChI is InChI=1S/C18H19NO6/c1-11-5-4-6-13(17(11)21)18(22)25-10-16(20)19-14-9-12(23-2)7-8-15(14)24-3/h4-9,21H,10H2,1-3H3,(H,19,20). The van der Waals surface area contributed by atoms with E-state index in [9.17, 15) is 14.7 Å². The van der Waals surface area contributed by atoms with Crippen LogP contribution < -0.4 is 14.8 Å². The average molecular weight is 345 g/mol. The molecule has 0 bridgehead atoms. The molecule has 2 N–H and O–H groups in total. The van der Waals surface area contributed by atoms with Crippen LogP contribution in [0.2, 0.25) is 0 Å². The Morgan fingerprint density at radius 2 is 1.88 bits per heavy atom. The lowest BCUT2D eigenvalue weighted by Gasteiger charge is -2.12. The van der Waals surface area contributed by atoms with E-state index in [0.717, 1.165) is 0 Å². The zero-order chi connectivity index (χ0) is 18.4. The van der Waals surface area contributed by atoms with Gasteiger partial charge in [0.2, 0.25) is 0 Å². The van der Waals surface area contributed by atoms with E-state index in [2.05, 4.69) is 5.32 Å². The van der Waals surface area contributed by atoms with Crippen LogP contribution in [-0.4, -0.2) is 37.8 Å². The van der Waals surface area contributed by atoms with Gasteiger partial charge in [-0.3, -0.25) is 4.79 Å². The highest BCUT2D eigenvalue weighted by Gasteiger charge is 2.16. The van der Waals surface area contributed by atoms with Crippen molar-refractivity contribution in [3.05, 3.63) is 47.5 Å². The first-order valence-corrected chi connectivity index (χ1v) is 7.44. The number of rotatable bonds is 6. The van der Waals surface area contributed by atoms with Crippen molar-refractivity contribution < 1.29 is 28.9 Å². The summed E-state index contributed by atoms with van der Waals surface area (Å²) in [6.45, 7) is 1.15. The third-order valence-corrected chi connectivity index (χ3v) is 3.47. The normalized spacial score (nSPS) is 10.0. The maximum atomic E-state index is 12.0. The predicted molar refractivity (Wildman–Crippen MR) is 91.3 cm³/mol. The molecule has 0 aliphatic rings. The molecule has 0 aliphatic carbocycles. The smallest absolute Gasteiger partial charge is 0.342 e. The number of carbonyl (C=O) groups excluding carboxylic acids is 2. The number of para-hydroxylation sites is 1. The molecule has 132 valence electrons. The summed E-state index contributed by atoms with van der Waals surface area (Å²) in [6, 6.07) is 9.62. The predicted octanol–water partition coefficient (Wildman–Crippen LogP) is 2.51. The minimum Gasteiger partial charge on any atom is -0.507 e. The molecule has 0 radical (unpaired) electrons. The van der Waals surface area contributed by atoms with Crippen LogP contribution in [-0.2, 0) is 9.53 Å². The molecule has 0 aromatic heterocycles. The summed E-state index contributed by atoms with van der Waals surface area (Å²) < 4.78 is 15.2. The molecular formula is C18H19NO6. The maximum absolute atomic E-state index is 12.0. The Balaban J connectivity index is 2.01. The Morgan fingerprint density at radius 3 is 2.56 bits per heavy atom. The van der Waals surface area contributed by atoms with Crippen LogP contribution in [0.4, 0.5) is 5.69 Å². The lowest BCUT2D eigenvalue weighted by molar-refractivity contribution is -0.119. The first kappa shape index (κ1) is 18.1. The van der Waals surface area contributed by atoms with E-state index < -0.39 is 18.5 Å². The van der Waals surface area contributed by atoms with E-state index in [1.165, 1.54) is 20.3 Å². The topological polar surface area (TPSA) is 94.1 Å². The van der Waals surface area contributed by atoms with Crippen molar-refractivity contribution in [3.63, 3.8) is 0 Å². The van der Waals surface area contributed by atoms with Crippen molar-refractivity contribution in [1.82, 2.24) is 0 Å². The van der Waals surface area contributed by atoms with E-state index in [1.54, 1.807) is 37.3 Å². The van der Waals surface area contributed by atoms with Crippen molar-refractivity contribution in [1.29, 1.82) is 0 Å². The van der Waals surface area contributed by atoms with Gasteiger partial charge in [0.25, 0.3) is 5.91 Å². The quantitative estimate of drug-likeness (QED) is 0.781. The van der Waals surface area contributed by atoms with Crippen LogP contribution in [0.5, 0.6) is 17.2 Å². The number of esters is 1. The van der Waals surface area contributed by atoms with E-state index >= 15 is 0 Å². The van der Waals surface area contributed by atoms with Crippen molar-refractivity contribution >= 4 is 17.6 Å². The Bertz CT molecular complexity index is 787. The molecule has 0 fully saturated rings. The number of nitrogens with one attached hydrogen (secondary N) is 1. The number of amides is 1. The molecule has 7 nitrogen and oxygen atoms in total. The molecule has 7 heteroatoms. The molecule has 0 heterocycles. The van der Waals surface area contributed by atoms with Gasteiger partial charge in [-0.2, -0.15) is 0 Å². The van der Waals surface area contributed by atoms with Crippen LogP contribution >= 0.6 is 0 Å². The molecule has 2 aromatic rings. The molecule has 25 heavy (non-hydrogen) atoms. The van der Waals surface area contributed by atoms with E-state index in [0.29, 0.717) is 22.7 Å². The summed E-state index contributed by atoms with van der Waals surface area (Å²) in [5.74, 6) is -0.516. The number of benzene rings is 2. The first-order valence-electron chi connectivity index (χ1n) is 7.44. The Hall–Kier alpha value is -3.22. The second-order valence-electron chi connectivity index (χ2n) is 5.16. The summed E-state index contributed by atoms with van der Waals surface area (Å²) in [5, 5.41) is 12.4. The fraction of sp³-hybridized carbons (Fsp3) is 0.222. The van der Waals surface area contributed by atoms with Gasteiger partial charge < -0.3 is 24.6 Å². The zero-order valence-corrected chi connectivity index (χ0v) is 14.2. The molecule has 0 spiro atoms. The molecule has 0 atom stereocenters.